The number of hydrogen-bond acceptors (Lipinski definition) is 2. The third-order valence-corrected chi connectivity index (χ3v) is 5.97. The van der Waals surface area contributed by atoms with Crippen molar-refractivity contribution in [1.29, 1.82) is 0 Å². The van der Waals surface area contributed by atoms with Crippen LogP contribution in [0.25, 0.3) is 0 Å². The van der Waals surface area contributed by atoms with Crippen molar-refractivity contribution in [3.8, 4) is 0 Å². The molecule has 0 amide bonds. The maximum Gasteiger partial charge on any atom is 0.330 e. The predicted molar refractivity (Wildman–Crippen MR) is 97.7 cm³/mol. The lowest BCUT2D eigenvalue weighted by molar-refractivity contribution is 0.590. The van der Waals surface area contributed by atoms with Gasteiger partial charge in [-0.25, -0.2) is 4.31 Å². The van der Waals surface area contributed by atoms with Gasteiger partial charge in [0.05, 0.1) is 17.1 Å². The van der Waals surface area contributed by atoms with E-state index in [1.165, 1.54) is 4.31 Å². The zero-order valence-electron chi connectivity index (χ0n) is 13.6. The fraction of sp³-hybridized carbons (Fsp3) is 0.333. The highest BCUT2D eigenvalue weighted by Gasteiger charge is 2.41. The van der Waals surface area contributed by atoms with Gasteiger partial charge in [-0.3, -0.25) is 4.31 Å². The summed E-state index contributed by atoms with van der Waals surface area (Å²) >= 11 is 0. The minimum Gasteiger partial charge on any atom is -0.251 e. The van der Waals surface area contributed by atoms with Crippen LogP contribution in [0.2, 0.25) is 0 Å². The molecule has 0 saturated carbocycles. The maximum atomic E-state index is 13.1. The number of anilines is 3. The number of nitrogens with zero attached hydrogens (tertiary/aromatic N) is 2. The van der Waals surface area contributed by atoms with Crippen molar-refractivity contribution in [3.63, 3.8) is 0 Å². The van der Waals surface area contributed by atoms with Crippen molar-refractivity contribution in [2.24, 2.45) is 0 Å². The minimum absolute atomic E-state index is 0. The molecule has 0 bridgehead atoms. The summed E-state index contributed by atoms with van der Waals surface area (Å²) in [5.74, 6) is 0. The Bertz CT molecular complexity index is 808. The lowest BCUT2D eigenvalue weighted by Crippen LogP contribution is -2.36. The highest BCUT2D eigenvalue weighted by molar-refractivity contribution is 7.95. The summed E-state index contributed by atoms with van der Waals surface area (Å²) in [5, 5.41) is 0. The first-order valence-corrected chi connectivity index (χ1v) is 9.44. The molecule has 23 heavy (non-hydrogen) atoms. The average molecular weight is 332 g/mol. The van der Waals surface area contributed by atoms with Crippen LogP contribution in [0, 0.1) is 6.92 Å². The Kier molecular flexibility index (Phi) is 4.31. The van der Waals surface area contributed by atoms with Crippen LogP contribution in [0.1, 0.15) is 33.2 Å². The topological polar surface area (TPSA) is 40.6 Å². The van der Waals surface area contributed by atoms with Crippen molar-refractivity contribution in [2.45, 2.75) is 33.1 Å². The van der Waals surface area contributed by atoms with Crippen molar-refractivity contribution >= 4 is 27.3 Å². The number of aryl methyl sites for hydroxylation is 1. The van der Waals surface area contributed by atoms with E-state index in [0.717, 1.165) is 41.9 Å². The molecule has 0 radical (unpaired) electrons. The van der Waals surface area contributed by atoms with Crippen molar-refractivity contribution in [2.75, 3.05) is 15.2 Å². The van der Waals surface area contributed by atoms with Crippen molar-refractivity contribution in [3.05, 3.63) is 54.1 Å². The monoisotopic (exact) mass is 332 g/mol. The molecule has 1 aliphatic heterocycles. The molecule has 0 fully saturated rings. The third kappa shape index (κ3) is 2.70. The largest absolute Gasteiger partial charge is 0.330 e. The number of rotatable bonds is 5. The summed E-state index contributed by atoms with van der Waals surface area (Å²) < 4.78 is 29.3. The Hall–Kier alpha value is -2.01. The van der Waals surface area contributed by atoms with Gasteiger partial charge in [0, 0.05) is 7.97 Å². The van der Waals surface area contributed by atoms with E-state index in [4.69, 9.17) is 0 Å². The molecule has 1 heterocycles. The number of hydrogen-bond donors (Lipinski definition) is 0. The SMILES string of the molecule is CCCCCN1c2ccccc2N(c2ccccc2C)S1(=O)=O.[HH]. The fourth-order valence-electron chi connectivity index (χ4n) is 2.98. The first-order chi connectivity index (χ1) is 11.1. The second-order valence-corrected chi connectivity index (χ2v) is 7.53. The smallest absolute Gasteiger partial charge is 0.251 e. The van der Waals surface area contributed by atoms with Crippen LogP contribution >= 0.6 is 0 Å². The number of fused-ring (bicyclic) bond motifs is 1. The molecule has 2 aromatic carbocycles. The van der Waals surface area contributed by atoms with Crippen LogP contribution in [-0.4, -0.2) is 15.0 Å². The third-order valence-electron chi connectivity index (χ3n) is 4.18. The van der Waals surface area contributed by atoms with Crippen LogP contribution in [0.15, 0.2) is 48.5 Å². The van der Waals surface area contributed by atoms with Gasteiger partial charge in [0.25, 0.3) is 0 Å². The fourth-order valence-corrected chi connectivity index (χ4v) is 4.80. The molecule has 4 nitrogen and oxygen atoms in total. The maximum absolute atomic E-state index is 13.1. The molecule has 0 saturated heterocycles. The van der Waals surface area contributed by atoms with Crippen molar-refractivity contribution in [1.82, 2.24) is 0 Å². The van der Waals surface area contributed by atoms with Crippen LogP contribution in [0.5, 0.6) is 0 Å². The Morgan fingerprint density at radius 1 is 0.913 bits per heavy atom. The van der Waals surface area contributed by atoms with Crippen LogP contribution in [-0.2, 0) is 10.2 Å². The van der Waals surface area contributed by atoms with Gasteiger partial charge in [-0.1, -0.05) is 50.1 Å². The van der Waals surface area contributed by atoms with Gasteiger partial charge in [0.1, 0.15) is 0 Å². The first-order valence-electron chi connectivity index (χ1n) is 8.05. The minimum atomic E-state index is -3.58. The van der Waals surface area contributed by atoms with Crippen LogP contribution < -0.4 is 8.61 Å². The summed E-state index contributed by atoms with van der Waals surface area (Å²) in [6, 6.07) is 15.1. The summed E-state index contributed by atoms with van der Waals surface area (Å²) in [4.78, 5) is 0. The summed E-state index contributed by atoms with van der Waals surface area (Å²) in [5.41, 5.74) is 3.17. The lowest BCUT2D eigenvalue weighted by Gasteiger charge is -2.23. The van der Waals surface area contributed by atoms with Crippen LogP contribution in [0.3, 0.4) is 0 Å². The van der Waals surface area contributed by atoms with E-state index in [9.17, 15) is 8.42 Å². The van der Waals surface area contributed by atoms with Gasteiger partial charge in [0.15, 0.2) is 0 Å². The molecular formula is C18H24N2O2S. The zero-order chi connectivity index (χ0) is 16.4. The molecule has 5 heteroatoms. The molecule has 124 valence electrons. The molecule has 0 unspecified atom stereocenters. The van der Waals surface area contributed by atoms with Gasteiger partial charge in [0.2, 0.25) is 0 Å². The van der Waals surface area contributed by atoms with Gasteiger partial charge in [-0.05, 0) is 37.1 Å². The molecular weight excluding hydrogens is 308 g/mol. The molecule has 0 N–H and O–H groups in total. The predicted octanol–water partition coefficient (Wildman–Crippen LogP) is 4.63. The second kappa shape index (κ2) is 6.24. The Morgan fingerprint density at radius 2 is 1.52 bits per heavy atom. The highest BCUT2D eigenvalue weighted by Crippen LogP contribution is 2.45. The van der Waals surface area contributed by atoms with E-state index in [1.807, 2.05) is 55.5 Å². The molecule has 0 aromatic heterocycles. The Labute approximate surface area is 140 Å². The molecule has 3 rings (SSSR count). The highest BCUT2D eigenvalue weighted by atomic mass is 32.2. The van der Waals surface area contributed by atoms with Gasteiger partial charge < -0.3 is 0 Å². The number of unbranched alkanes of at least 4 members (excludes halogenated alkanes) is 2. The van der Waals surface area contributed by atoms with Crippen LogP contribution in [0.4, 0.5) is 17.1 Å². The average Bonchev–Trinajstić information content (AvgIpc) is 2.76. The quantitative estimate of drug-likeness (QED) is 0.749. The molecule has 0 aliphatic carbocycles. The second-order valence-electron chi connectivity index (χ2n) is 5.83. The normalized spacial score (nSPS) is 15.7. The van der Waals surface area contributed by atoms with E-state index in [0.29, 0.717) is 6.54 Å². The zero-order valence-corrected chi connectivity index (χ0v) is 14.4. The summed E-state index contributed by atoms with van der Waals surface area (Å²) in [6.45, 7) is 4.58. The number of para-hydroxylation sites is 3. The number of benzene rings is 2. The Balaban J connectivity index is 0.00000208. The standard InChI is InChI=1S/C18H22N2O2S.H2/c1-3-4-9-14-19-17-12-7-8-13-18(17)20(23(19,21)22)16-11-6-5-10-15(16)2;/h5-8,10-13H,3-4,9,14H2,1-2H3;1H. The van der Waals surface area contributed by atoms with E-state index >= 15 is 0 Å². The summed E-state index contributed by atoms with van der Waals surface area (Å²) in [7, 11) is -3.58. The van der Waals surface area contributed by atoms with E-state index in [1.54, 1.807) is 4.31 Å². The van der Waals surface area contributed by atoms with Gasteiger partial charge >= 0.3 is 10.2 Å². The van der Waals surface area contributed by atoms with E-state index in [-0.39, 0.29) is 1.43 Å². The van der Waals surface area contributed by atoms with Gasteiger partial charge in [-0.2, -0.15) is 8.42 Å². The lowest BCUT2D eigenvalue weighted by atomic mass is 10.2. The van der Waals surface area contributed by atoms with Gasteiger partial charge in [-0.15, -0.1) is 0 Å². The van der Waals surface area contributed by atoms with E-state index < -0.39 is 10.2 Å². The Morgan fingerprint density at radius 3 is 2.17 bits per heavy atom. The first kappa shape index (κ1) is 15.9. The molecule has 0 spiro atoms. The molecule has 1 aliphatic rings. The van der Waals surface area contributed by atoms with E-state index in [2.05, 4.69) is 6.92 Å². The molecule has 2 aromatic rings. The summed E-state index contributed by atoms with van der Waals surface area (Å²) in [6.07, 6.45) is 2.96. The van der Waals surface area contributed by atoms with Crippen molar-refractivity contribution < 1.29 is 9.84 Å². The molecule has 0 atom stereocenters.